The smallest absolute Gasteiger partial charge is 0.337 e. The molecule has 4 nitrogen and oxygen atoms in total. The first-order chi connectivity index (χ1) is 10.5. The highest BCUT2D eigenvalue weighted by atomic mass is 19.1. The normalized spacial score (nSPS) is 10.1. The molecule has 0 aliphatic heterocycles. The minimum atomic E-state index is -0.499. The van der Waals surface area contributed by atoms with Crippen molar-refractivity contribution in [2.45, 2.75) is 6.42 Å². The Bertz CT molecular complexity index is 702. The van der Waals surface area contributed by atoms with Crippen molar-refractivity contribution in [2.75, 3.05) is 7.11 Å². The van der Waals surface area contributed by atoms with Crippen molar-refractivity contribution in [3.8, 4) is 0 Å². The highest BCUT2D eigenvalue weighted by Gasteiger charge is 2.14. The van der Waals surface area contributed by atoms with Crippen molar-refractivity contribution in [3.63, 3.8) is 0 Å². The second-order valence-corrected chi connectivity index (χ2v) is 4.60. The van der Waals surface area contributed by atoms with Crippen molar-refractivity contribution in [3.05, 3.63) is 71.0 Å². The topological polar surface area (TPSA) is 60.4 Å². The van der Waals surface area contributed by atoms with E-state index < -0.39 is 11.8 Å². The van der Waals surface area contributed by atoms with Crippen LogP contribution in [0.3, 0.4) is 0 Å². The summed E-state index contributed by atoms with van der Waals surface area (Å²) in [5.74, 6) is -1.70. The predicted octanol–water partition coefficient (Wildman–Crippen LogP) is 3.07. The second-order valence-electron chi connectivity index (χ2n) is 4.60. The Kier molecular flexibility index (Phi) is 4.78. The van der Waals surface area contributed by atoms with E-state index in [0.29, 0.717) is 11.1 Å². The first kappa shape index (κ1) is 15.6. The van der Waals surface area contributed by atoms with Gasteiger partial charge in [0.2, 0.25) is 0 Å². The molecular weight excluding hydrogens is 287 g/mol. The number of rotatable bonds is 5. The molecule has 0 N–H and O–H groups in total. The van der Waals surface area contributed by atoms with E-state index in [2.05, 4.69) is 4.74 Å². The van der Waals surface area contributed by atoms with Gasteiger partial charge in [-0.1, -0.05) is 12.1 Å². The first-order valence-electron chi connectivity index (χ1n) is 6.51. The Hall–Kier alpha value is -2.82. The molecule has 0 atom stereocenters. The standard InChI is InChI=1S/C17H13FO4/c1-22-17(21)13-4-2-11(3-5-13)15(19)10-16(20)12-6-8-14(18)9-7-12/h2-9H,10H2,1H3. The molecule has 112 valence electrons. The largest absolute Gasteiger partial charge is 0.465 e. The number of halogens is 1. The number of carbonyl (C=O) groups is 3. The van der Waals surface area contributed by atoms with E-state index >= 15 is 0 Å². The third-order valence-electron chi connectivity index (χ3n) is 3.12. The Morgan fingerprint density at radius 2 is 1.23 bits per heavy atom. The molecule has 0 aromatic heterocycles. The lowest BCUT2D eigenvalue weighted by Crippen LogP contribution is -2.09. The number of ketones is 2. The lowest BCUT2D eigenvalue weighted by atomic mass is 10.0. The molecule has 0 radical (unpaired) electrons. The van der Waals surface area contributed by atoms with Gasteiger partial charge in [0, 0.05) is 11.1 Å². The minimum absolute atomic E-state index is 0.279. The molecule has 2 rings (SSSR count). The van der Waals surface area contributed by atoms with Crippen molar-refractivity contribution in [1.82, 2.24) is 0 Å². The molecule has 22 heavy (non-hydrogen) atoms. The SMILES string of the molecule is COC(=O)c1ccc(C(=O)CC(=O)c2ccc(F)cc2)cc1. The lowest BCUT2D eigenvalue weighted by molar-refractivity contribution is 0.0600. The van der Waals surface area contributed by atoms with Gasteiger partial charge in [0.05, 0.1) is 19.1 Å². The fraction of sp³-hybridized carbons (Fsp3) is 0.118. The highest BCUT2D eigenvalue weighted by Crippen LogP contribution is 2.11. The van der Waals surface area contributed by atoms with E-state index in [4.69, 9.17) is 0 Å². The Morgan fingerprint density at radius 1 is 0.818 bits per heavy atom. The van der Waals surface area contributed by atoms with Crippen LogP contribution in [0.25, 0.3) is 0 Å². The van der Waals surface area contributed by atoms with Gasteiger partial charge in [-0.15, -0.1) is 0 Å². The lowest BCUT2D eigenvalue weighted by Gasteiger charge is -2.03. The van der Waals surface area contributed by atoms with Crippen LogP contribution < -0.4 is 0 Å². The maximum atomic E-state index is 12.8. The molecule has 0 bridgehead atoms. The van der Waals surface area contributed by atoms with Gasteiger partial charge in [0.25, 0.3) is 0 Å². The molecule has 0 aliphatic carbocycles. The fourth-order valence-electron chi connectivity index (χ4n) is 1.90. The molecule has 2 aromatic carbocycles. The average Bonchev–Trinajstić information content (AvgIpc) is 2.54. The quantitative estimate of drug-likeness (QED) is 0.484. The first-order valence-corrected chi connectivity index (χ1v) is 6.51. The van der Waals surface area contributed by atoms with Crippen LogP contribution in [-0.4, -0.2) is 24.6 Å². The Balaban J connectivity index is 2.07. The summed E-state index contributed by atoms with van der Waals surface area (Å²) in [7, 11) is 1.27. The summed E-state index contributed by atoms with van der Waals surface area (Å²) >= 11 is 0. The molecule has 0 spiro atoms. The van der Waals surface area contributed by atoms with Gasteiger partial charge >= 0.3 is 5.97 Å². The number of esters is 1. The van der Waals surface area contributed by atoms with Crippen LogP contribution in [0.15, 0.2) is 48.5 Å². The zero-order valence-electron chi connectivity index (χ0n) is 11.8. The van der Waals surface area contributed by atoms with Crippen LogP contribution in [0.1, 0.15) is 37.5 Å². The van der Waals surface area contributed by atoms with E-state index in [9.17, 15) is 18.8 Å². The number of hydrogen-bond acceptors (Lipinski definition) is 4. The van der Waals surface area contributed by atoms with E-state index in [1.807, 2.05) is 0 Å². The van der Waals surface area contributed by atoms with E-state index in [1.165, 1.54) is 55.6 Å². The fourth-order valence-corrected chi connectivity index (χ4v) is 1.90. The van der Waals surface area contributed by atoms with Gasteiger partial charge in [0.15, 0.2) is 11.6 Å². The third kappa shape index (κ3) is 3.63. The molecule has 0 heterocycles. The van der Waals surface area contributed by atoms with E-state index in [0.717, 1.165) is 0 Å². The Labute approximate surface area is 126 Å². The molecule has 5 heteroatoms. The molecule has 0 aliphatic rings. The average molecular weight is 300 g/mol. The highest BCUT2D eigenvalue weighted by molar-refractivity contribution is 6.13. The zero-order chi connectivity index (χ0) is 16.1. The van der Waals surface area contributed by atoms with Crippen molar-refractivity contribution in [2.24, 2.45) is 0 Å². The number of ether oxygens (including phenoxy) is 1. The maximum absolute atomic E-state index is 12.8. The predicted molar refractivity (Wildman–Crippen MR) is 77.5 cm³/mol. The van der Waals surface area contributed by atoms with Crippen LogP contribution in [0.4, 0.5) is 4.39 Å². The van der Waals surface area contributed by atoms with Crippen LogP contribution in [0, 0.1) is 5.82 Å². The molecule has 0 unspecified atom stereocenters. The van der Waals surface area contributed by atoms with Crippen molar-refractivity contribution < 1.29 is 23.5 Å². The van der Waals surface area contributed by atoms with E-state index in [1.54, 1.807) is 0 Å². The second kappa shape index (κ2) is 6.76. The van der Waals surface area contributed by atoms with Crippen molar-refractivity contribution in [1.29, 1.82) is 0 Å². The summed E-state index contributed by atoms with van der Waals surface area (Å²) in [6.07, 6.45) is -0.316. The van der Waals surface area contributed by atoms with Crippen LogP contribution in [0.5, 0.6) is 0 Å². The molecule has 0 amide bonds. The summed E-state index contributed by atoms with van der Waals surface area (Å²) in [5, 5.41) is 0. The van der Waals surface area contributed by atoms with Gasteiger partial charge in [-0.25, -0.2) is 9.18 Å². The van der Waals surface area contributed by atoms with Gasteiger partial charge in [-0.2, -0.15) is 0 Å². The monoisotopic (exact) mass is 300 g/mol. The molecule has 0 saturated heterocycles. The summed E-state index contributed by atoms with van der Waals surface area (Å²) < 4.78 is 17.4. The number of methoxy groups -OCH3 is 1. The zero-order valence-corrected chi connectivity index (χ0v) is 11.8. The van der Waals surface area contributed by atoms with Crippen molar-refractivity contribution >= 4 is 17.5 Å². The molecule has 0 fully saturated rings. The third-order valence-corrected chi connectivity index (χ3v) is 3.12. The van der Waals surface area contributed by atoms with Gasteiger partial charge in [0.1, 0.15) is 5.82 Å². The Morgan fingerprint density at radius 3 is 1.68 bits per heavy atom. The number of hydrogen-bond donors (Lipinski definition) is 0. The van der Waals surface area contributed by atoms with Crippen LogP contribution in [-0.2, 0) is 4.74 Å². The number of carbonyl (C=O) groups excluding carboxylic acids is 3. The number of Topliss-reactive ketones (excluding diaryl/α,β-unsaturated/α-hetero) is 2. The van der Waals surface area contributed by atoms with Gasteiger partial charge in [-0.3, -0.25) is 9.59 Å². The summed E-state index contributed by atoms with van der Waals surface area (Å²) in [5.41, 5.74) is 0.924. The van der Waals surface area contributed by atoms with Gasteiger partial charge in [-0.05, 0) is 36.4 Å². The van der Waals surface area contributed by atoms with Crippen LogP contribution >= 0.6 is 0 Å². The summed E-state index contributed by atoms with van der Waals surface area (Å²) in [6.45, 7) is 0. The maximum Gasteiger partial charge on any atom is 0.337 e. The molecule has 0 saturated carbocycles. The van der Waals surface area contributed by atoms with E-state index in [-0.39, 0.29) is 23.6 Å². The molecular formula is C17H13FO4. The minimum Gasteiger partial charge on any atom is -0.465 e. The molecule has 2 aromatic rings. The van der Waals surface area contributed by atoms with Gasteiger partial charge < -0.3 is 4.74 Å². The number of benzene rings is 2. The summed E-state index contributed by atoms with van der Waals surface area (Å²) in [6, 6.07) is 10.9. The summed E-state index contributed by atoms with van der Waals surface area (Å²) in [4.78, 5) is 35.3. The van der Waals surface area contributed by atoms with Crippen LogP contribution in [0.2, 0.25) is 0 Å².